The lowest BCUT2D eigenvalue weighted by Gasteiger charge is -2.22. The predicted molar refractivity (Wildman–Crippen MR) is 75.7 cm³/mol. The Labute approximate surface area is 119 Å². The molecule has 1 unspecified atom stereocenters. The van der Waals surface area contributed by atoms with Crippen LogP contribution in [0.3, 0.4) is 0 Å². The van der Waals surface area contributed by atoms with Gasteiger partial charge in [0.25, 0.3) is 0 Å². The summed E-state index contributed by atoms with van der Waals surface area (Å²) in [6, 6.07) is 4.59. The summed E-state index contributed by atoms with van der Waals surface area (Å²) in [7, 11) is 0. The maximum absolute atomic E-state index is 12.9. The molecule has 2 nitrogen and oxygen atoms in total. The van der Waals surface area contributed by atoms with Gasteiger partial charge >= 0.3 is 0 Å². The van der Waals surface area contributed by atoms with Crippen molar-refractivity contribution >= 4 is 24.0 Å². The minimum Gasteiger partial charge on any atom is -0.330 e. The highest BCUT2D eigenvalue weighted by Crippen LogP contribution is 2.30. The fourth-order valence-corrected chi connectivity index (χ4v) is 2.55. The first kappa shape index (κ1) is 15.7. The highest BCUT2D eigenvalue weighted by Gasteiger charge is 2.32. The zero-order chi connectivity index (χ0) is 12.5. The molecule has 1 heterocycles. The average molecular weight is 293 g/mol. The van der Waals surface area contributed by atoms with Gasteiger partial charge in [0.1, 0.15) is 5.82 Å². The Kier molecular flexibility index (Phi) is 5.41. The highest BCUT2D eigenvalue weighted by molar-refractivity contribution is 6.31. The molecule has 0 spiro atoms. The van der Waals surface area contributed by atoms with E-state index in [-0.39, 0.29) is 23.6 Å². The molecule has 2 rings (SSSR count). The number of nitrogens with two attached hydrogens (primary N) is 1. The van der Waals surface area contributed by atoms with Gasteiger partial charge in [-0.1, -0.05) is 24.6 Å². The molecular weight excluding hydrogens is 274 g/mol. The Morgan fingerprint density at radius 1 is 1.50 bits per heavy atom. The van der Waals surface area contributed by atoms with Crippen LogP contribution < -0.4 is 5.73 Å². The van der Waals surface area contributed by atoms with Crippen molar-refractivity contribution in [3.8, 4) is 0 Å². The molecule has 1 aliphatic rings. The van der Waals surface area contributed by atoms with Gasteiger partial charge in [0.05, 0.1) is 0 Å². The van der Waals surface area contributed by atoms with Crippen molar-refractivity contribution in [3.63, 3.8) is 0 Å². The Balaban J connectivity index is 0.00000162. The van der Waals surface area contributed by atoms with E-state index < -0.39 is 0 Å². The van der Waals surface area contributed by atoms with Gasteiger partial charge in [0.15, 0.2) is 0 Å². The van der Waals surface area contributed by atoms with Crippen molar-refractivity contribution in [2.45, 2.75) is 19.9 Å². The number of nitrogens with zero attached hydrogens (tertiary/aromatic N) is 1. The third-order valence-corrected chi connectivity index (χ3v) is 3.89. The molecule has 1 saturated heterocycles. The molecule has 18 heavy (non-hydrogen) atoms. The molecule has 0 amide bonds. The lowest BCUT2D eigenvalue weighted by molar-refractivity contribution is 0.274. The minimum absolute atomic E-state index is 0. The van der Waals surface area contributed by atoms with Gasteiger partial charge in [0.2, 0.25) is 0 Å². The van der Waals surface area contributed by atoms with Crippen molar-refractivity contribution in [2.75, 3.05) is 19.6 Å². The van der Waals surface area contributed by atoms with Gasteiger partial charge < -0.3 is 5.73 Å². The van der Waals surface area contributed by atoms with Gasteiger partial charge in [-0.15, -0.1) is 12.4 Å². The third kappa shape index (κ3) is 3.58. The summed E-state index contributed by atoms with van der Waals surface area (Å²) in [5.41, 5.74) is 6.97. The van der Waals surface area contributed by atoms with Gasteiger partial charge in [-0.25, -0.2) is 4.39 Å². The van der Waals surface area contributed by atoms with Crippen molar-refractivity contribution in [1.82, 2.24) is 4.90 Å². The lowest BCUT2D eigenvalue weighted by atomic mass is 9.90. The standard InChI is InChI=1S/C13H18ClFN2.ClH/c1-13(8-16)4-5-17(9-13)7-10-2-3-11(15)6-12(10)14;/h2-3,6H,4-5,7-9,16H2,1H3;1H. The van der Waals surface area contributed by atoms with E-state index >= 15 is 0 Å². The molecule has 1 aromatic carbocycles. The van der Waals surface area contributed by atoms with Crippen LogP contribution in [-0.2, 0) is 6.54 Å². The van der Waals surface area contributed by atoms with E-state index in [1.807, 2.05) is 0 Å². The summed E-state index contributed by atoms with van der Waals surface area (Å²) >= 11 is 6.02. The summed E-state index contributed by atoms with van der Waals surface area (Å²) in [5, 5.41) is 0.506. The first-order valence-electron chi connectivity index (χ1n) is 5.89. The summed E-state index contributed by atoms with van der Waals surface area (Å²) < 4.78 is 12.9. The van der Waals surface area contributed by atoms with Crippen LogP contribution in [0.25, 0.3) is 0 Å². The lowest BCUT2D eigenvalue weighted by Crippen LogP contribution is -2.31. The largest absolute Gasteiger partial charge is 0.330 e. The molecule has 0 bridgehead atoms. The molecule has 0 radical (unpaired) electrons. The number of rotatable bonds is 3. The minimum atomic E-state index is -0.285. The van der Waals surface area contributed by atoms with Gasteiger partial charge in [-0.05, 0) is 42.6 Å². The number of hydrogen-bond donors (Lipinski definition) is 1. The SMILES string of the molecule is CC1(CN)CCN(Cc2ccc(F)cc2Cl)C1.Cl. The molecular formula is C13H19Cl2FN2. The number of likely N-dealkylation sites (tertiary alicyclic amines) is 1. The van der Waals surface area contributed by atoms with Crippen molar-refractivity contribution in [1.29, 1.82) is 0 Å². The second-order valence-electron chi connectivity index (χ2n) is 5.21. The maximum atomic E-state index is 12.9. The van der Waals surface area contributed by atoms with E-state index in [1.165, 1.54) is 12.1 Å². The number of halogens is 3. The van der Waals surface area contributed by atoms with Gasteiger partial charge in [-0.3, -0.25) is 4.90 Å². The topological polar surface area (TPSA) is 29.3 Å². The summed E-state index contributed by atoms with van der Waals surface area (Å²) in [4.78, 5) is 2.33. The van der Waals surface area contributed by atoms with E-state index in [9.17, 15) is 4.39 Å². The molecule has 1 aromatic rings. The Morgan fingerprint density at radius 3 is 2.78 bits per heavy atom. The van der Waals surface area contributed by atoms with Crippen LogP contribution in [0.5, 0.6) is 0 Å². The predicted octanol–water partition coefficient (Wildman–Crippen LogP) is 3.07. The van der Waals surface area contributed by atoms with Gasteiger partial charge in [0, 0.05) is 18.1 Å². The molecule has 1 aliphatic heterocycles. The molecule has 0 aliphatic carbocycles. The van der Waals surface area contributed by atoms with Crippen LogP contribution in [0.15, 0.2) is 18.2 Å². The molecule has 5 heteroatoms. The molecule has 2 N–H and O–H groups in total. The highest BCUT2D eigenvalue weighted by atomic mass is 35.5. The Morgan fingerprint density at radius 2 is 2.22 bits per heavy atom. The zero-order valence-electron chi connectivity index (χ0n) is 10.5. The number of benzene rings is 1. The summed E-state index contributed by atoms with van der Waals surface area (Å²) in [6.45, 7) is 5.70. The second kappa shape index (κ2) is 6.20. The normalized spacial score (nSPS) is 24.0. The van der Waals surface area contributed by atoms with E-state index in [2.05, 4.69) is 11.8 Å². The van der Waals surface area contributed by atoms with E-state index in [1.54, 1.807) is 6.07 Å². The maximum Gasteiger partial charge on any atom is 0.124 e. The summed E-state index contributed by atoms with van der Waals surface area (Å²) in [5.74, 6) is -0.285. The van der Waals surface area contributed by atoms with Crippen LogP contribution in [0.2, 0.25) is 5.02 Å². The van der Waals surface area contributed by atoms with Crippen molar-refractivity contribution in [3.05, 3.63) is 34.6 Å². The first-order chi connectivity index (χ1) is 8.02. The van der Waals surface area contributed by atoms with Crippen LogP contribution in [-0.4, -0.2) is 24.5 Å². The quantitative estimate of drug-likeness (QED) is 0.928. The second-order valence-corrected chi connectivity index (χ2v) is 5.62. The van der Waals surface area contributed by atoms with E-state index in [0.29, 0.717) is 11.6 Å². The summed E-state index contributed by atoms with van der Waals surface area (Å²) in [6.07, 6.45) is 1.11. The number of hydrogen-bond acceptors (Lipinski definition) is 2. The molecule has 0 aromatic heterocycles. The van der Waals surface area contributed by atoms with Crippen molar-refractivity contribution < 1.29 is 4.39 Å². The Hall–Kier alpha value is -0.350. The fraction of sp³-hybridized carbons (Fsp3) is 0.538. The molecule has 0 saturated carbocycles. The molecule has 102 valence electrons. The first-order valence-corrected chi connectivity index (χ1v) is 6.27. The third-order valence-electron chi connectivity index (χ3n) is 3.54. The van der Waals surface area contributed by atoms with Crippen LogP contribution in [0.1, 0.15) is 18.9 Å². The van der Waals surface area contributed by atoms with Gasteiger partial charge in [-0.2, -0.15) is 0 Å². The molecule has 1 atom stereocenters. The zero-order valence-corrected chi connectivity index (χ0v) is 12.0. The van der Waals surface area contributed by atoms with E-state index in [4.69, 9.17) is 17.3 Å². The fourth-order valence-electron chi connectivity index (χ4n) is 2.32. The van der Waals surface area contributed by atoms with Crippen LogP contribution in [0.4, 0.5) is 4.39 Å². The molecule has 1 fully saturated rings. The monoisotopic (exact) mass is 292 g/mol. The van der Waals surface area contributed by atoms with Crippen LogP contribution in [0, 0.1) is 11.2 Å². The smallest absolute Gasteiger partial charge is 0.124 e. The van der Waals surface area contributed by atoms with Crippen LogP contribution >= 0.6 is 24.0 Å². The van der Waals surface area contributed by atoms with E-state index in [0.717, 1.165) is 31.6 Å². The van der Waals surface area contributed by atoms with Crippen molar-refractivity contribution in [2.24, 2.45) is 11.1 Å². The Bertz CT molecular complexity index is 414. The average Bonchev–Trinajstić information content (AvgIpc) is 2.66.